The van der Waals surface area contributed by atoms with Crippen LogP contribution in [0.25, 0.3) is 0 Å². The summed E-state index contributed by atoms with van der Waals surface area (Å²) in [5.41, 5.74) is 2.15. The molecule has 2 aromatic carbocycles. The fourth-order valence-corrected chi connectivity index (χ4v) is 3.57. The van der Waals surface area contributed by atoms with Crippen LogP contribution in [0.1, 0.15) is 49.7 Å². The van der Waals surface area contributed by atoms with Crippen molar-refractivity contribution in [2.45, 2.75) is 44.6 Å². The van der Waals surface area contributed by atoms with E-state index in [0.717, 1.165) is 30.4 Å². The highest BCUT2D eigenvalue weighted by Crippen LogP contribution is 2.34. The quantitative estimate of drug-likeness (QED) is 0.677. The van der Waals surface area contributed by atoms with Gasteiger partial charge in [-0.1, -0.05) is 80.4 Å². The number of amides is 2. The summed E-state index contributed by atoms with van der Waals surface area (Å²) in [6.45, 7) is 2.32. The zero-order chi connectivity index (χ0) is 18.4. The zero-order valence-corrected chi connectivity index (χ0v) is 15.1. The van der Waals surface area contributed by atoms with Gasteiger partial charge >= 0.3 is 6.09 Å². The molecule has 0 bridgehead atoms. The summed E-state index contributed by atoms with van der Waals surface area (Å²) in [6, 6.07) is 19.7. The molecule has 0 N–H and O–H groups in total. The Bertz CT molecular complexity index is 690. The van der Waals surface area contributed by atoms with E-state index in [-0.39, 0.29) is 24.5 Å². The number of imide groups is 1. The fraction of sp³-hybridized carbons (Fsp3) is 0.364. The number of rotatable bonds is 7. The molecule has 1 atom stereocenters. The van der Waals surface area contributed by atoms with Gasteiger partial charge in [-0.25, -0.2) is 9.69 Å². The minimum atomic E-state index is -0.520. The number of cyclic esters (lactones) is 1. The molecule has 0 spiro atoms. The van der Waals surface area contributed by atoms with Gasteiger partial charge in [-0.05, 0) is 17.5 Å². The number of nitrogens with zero attached hydrogens (tertiary/aromatic N) is 1. The second-order valence-corrected chi connectivity index (χ2v) is 6.66. The maximum atomic E-state index is 12.7. The molecule has 2 aromatic rings. The average Bonchev–Trinajstić information content (AvgIpc) is 3.05. The lowest BCUT2D eigenvalue weighted by molar-refractivity contribution is -0.129. The van der Waals surface area contributed by atoms with Crippen LogP contribution in [0.5, 0.6) is 0 Å². The van der Waals surface area contributed by atoms with E-state index in [9.17, 15) is 9.59 Å². The molecular weight excluding hydrogens is 326 g/mol. The summed E-state index contributed by atoms with van der Waals surface area (Å²) >= 11 is 0. The van der Waals surface area contributed by atoms with Crippen LogP contribution < -0.4 is 0 Å². The molecule has 1 aliphatic rings. The third-order valence-electron chi connectivity index (χ3n) is 4.87. The van der Waals surface area contributed by atoms with Gasteiger partial charge in [0, 0.05) is 12.3 Å². The maximum absolute atomic E-state index is 12.7. The molecule has 3 rings (SSSR count). The predicted molar refractivity (Wildman–Crippen MR) is 101 cm³/mol. The van der Waals surface area contributed by atoms with Crippen molar-refractivity contribution in [3.8, 4) is 0 Å². The SMILES string of the molecule is CCCCCC(=O)N1C(=O)OC[C@H]1C(c1ccccc1)c1ccccc1. The van der Waals surface area contributed by atoms with E-state index < -0.39 is 6.09 Å². The maximum Gasteiger partial charge on any atom is 0.417 e. The Kier molecular flexibility index (Phi) is 6.05. The number of hydrogen-bond acceptors (Lipinski definition) is 3. The third-order valence-corrected chi connectivity index (χ3v) is 4.87. The first-order valence-electron chi connectivity index (χ1n) is 9.31. The van der Waals surface area contributed by atoms with Crippen molar-refractivity contribution in [1.82, 2.24) is 4.90 Å². The van der Waals surface area contributed by atoms with Crippen LogP contribution >= 0.6 is 0 Å². The second-order valence-electron chi connectivity index (χ2n) is 6.66. The molecule has 1 saturated heterocycles. The van der Waals surface area contributed by atoms with E-state index in [1.165, 1.54) is 4.90 Å². The molecule has 4 nitrogen and oxygen atoms in total. The second kappa shape index (κ2) is 8.65. The Morgan fingerprint density at radius 2 is 1.62 bits per heavy atom. The summed E-state index contributed by atoms with van der Waals surface area (Å²) in [4.78, 5) is 26.4. The number of unbranched alkanes of at least 4 members (excludes halogenated alkanes) is 2. The Hall–Kier alpha value is -2.62. The van der Waals surface area contributed by atoms with Crippen molar-refractivity contribution in [2.75, 3.05) is 6.61 Å². The van der Waals surface area contributed by atoms with Gasteiger partial charge in [0.1, 0.15) is 6.61 Å². The van der Waals surface area contributed by atoms with Crippen molar-refractivity contribution in [2.24, 2.45) is 0 Å². The highest BCUT2D eigenvalue weighted by molar-refractivity contribution is 5.93. The summed E-state index contributed by atoms with van der Waals surface area (Å²) < 4.78 is 5.30. The van der Waals surface area contributed by atoms with Crippen LogP contribution in [0.3, 0.4) is 0 Å². The van der Waals surface area contributed by atoms with Crippen molar-refractivity contribution >= 4 is 12.0 Å². The van der Waals surface area contributed by atoms with Crippen molar-refractivity contribution in [3.05, 3.63) is 71.8 Å². The van der Waals surface area contributed by atoms with Gasteiger partial charge in [-0.3, -0.25) is 4.79 Å². The molecule has 0 unspecified atom stereocenters. The monoisotopic (exact) mass is 351 g/mol. The summed E-state index contributed by atoms with van der Waals surface area (Å²) in [7, 11) is 0. The van der Waals surface area contributed by atoms with E-state index in [0.29, 0.717) is 6.42 Å². The van der Waals surface area contributed by atoms with E-state index >= 15 is 0 Å². The smallest absolute Gasteiger partial charge is 0.417 e. The molecule has 1 fully saturated rings. The van der Waals surface area contributed by atoms with Gasteiger partial charge in [0.2, 0.25) is 5.91 Å². The van der Waals surface area contributed by atoms with Crippen molar-refractivity contribution < 1.29 is 14.3 Å². The number of ether oxygens (including phenoxy) is 1. The molecule has 2 amide bonds. The molecule has 0 radical (unpaired) electrons. The number of benzene rings is 2. The highest BCUT2D eigenvalue weighted by atomic mass is 16.6. The predicted octanol–water partition coefficient (Wildman–Crippen LogP) is 4.75. The molecule has 1 aliphatic heterocycles. The van der Waals surface area contributed by atoms with E-state index in [1.54, 1.807) is 0 Å². The summed E-state index contributed by atoms with van der Waals surface area (Å²) in [5.74, 6) is -0.234. The van der Waals surface area contributed by atoms with E-state index in [4.69, 9.17) is 4.74 Å². The van der Waals surface area contributed by atoms with Gasteiger partial charge in [0.05, 0.1) is 6.04 Å². The first kappa shape index (κ1) is 18.2. The molecule has 0 saturated carbocycles. The lowest BCUT2D eigenvalue weighted by Crippen LogP contribution is -2.42. The van der Waals surface area contributed by atoms with Gasteiger partial charge in [0.25, 0.3) is 0 Å². The largest absolute Gasteiger partial charge is 0.447 e. The number of carbonyl (C=O) groups is 2. The van der Waals surface area contributed by atoms with Crippen LogP contribution in [0.2, 0.25) is 0 Å². The van der Waals surface area contributed by atoms with Crippen LogP contribution in [-0.2, 0) is 9.53 Å². The summed E-state index contributed by atoms with van der Waals surface area (Å²) in [5, 5.41) is 0. The van der Waals surface area contributed by atoms with Crippen LogP contribution in [-0.4, -0.2) is 29.5 Å². The normalized spacial score (nSPS) is 16.8. The third kappa shape index (κ3) is 3.96. The minimum Gasteiger partial charge on any atom is -0.447 e. The minimum absolute atomic E-state index is 0.0982. The topological polar surface area (TPSA) is 46.6 Å². The average molecular weight is 351 g/mol. The Morgan fingerprint density at radius 1 is 1.04 bits per heavy atom. The molecule has 4 heteroatoms. The number of hydrogen-bond donors (Lipinski definition) is 0. The lowest BCUT2D eigenvalue weighted by atomic mass is 9.84. The fourth-order valence-electron chi connectivity index (χ4n) is 3.57. The standard InChI is InChI=1S/C22H25NO3/c1-2-3-6-15-20(24)23-19(16-26-22(23)25)21(17-11-7-4-8-12-17)18-13-9-5-10-14-18/h4-5,7-14,19,21H,2-3,6,15-16H2,1H3/t19-/m0/s1. The molecular formula is C22H25NO3. The Morgan fingerprint density at radius 3 is 2.15 bits per heavy atom. The van der Waals surface area contributed by atoms with E-state index in [2.05, 4.69) is 6.92 Å². The molecule has 26 heavy (non-hydrogen) atoms. The molecule has 0 aromatic heterocycles. The van der Waals surface area contributed by atoms with Gasteiger partial charge in [0.15, 0.2) is 0 Å². The van der Waals surface area contributed by atoms with Gasteiger partial charge in [-0.15, -0.1) is 0 Å². The van der Waals surface area contributed by atoms with Gasteiger partial charge in [-0.2, -0.15) is 0 Å². The van der Waals surface area contributed by atoms with Crippen molar-refractivity contribution in [3.63, 3.8) is 0 Å². The number of carbonyl (C=O) groups excluding carboxylic acids is 2. The Labute approximate surface area is 154 Å². The highest BCUT2D eigenvalue weighted by Gasteiger charge is 2.43. The van der Waals surface area contributed by atoms with E-state index in [1.807, 2.05) is 60.7 Å². The van der Waals surface area contributed by atoms with Crippen LogP contribution in [0.15, 0.2) is 60.7 Å². The van der Waals surface area contributed by atoms with Crippen LogP contribution in [0.4, 0.5) is 4.79 Å². The first-order chi connectivity index (χ1) is 12.7. The molecule has 0 aliphatic carbocycles. The summed E-state index contributed by atoms with van der Waals surface area (Å²) in [6.07, 6.45) is 2.69. The molecule has 136 valence electrons. The van der Waals surface area contributed by atoms with Gasteiger partial charge < -0.3 is 4.74 Å². The van der Waals surface area contributed by atoms with Crippen LogP contribution in [0, 0.1) is 0 Å². The first-order valence-corrected chi connectivity index (χ1v) is 9.31. The molecule has 1 heterocycles. The Balaban J connectivity index is 1.92. The lowest BCUT2D eigenvalue weighted by Gasteiger charge is -2.28. The zero-order valence-electron chi connectivity index (χ0n) is 15.1. The van der Waals surface area contributed by atoms with Crippen molar-refractivity contribution in [1.29, 1.82) is 0 Å².